The van der Waals surface area contributed by atoms with Crippen molar-refractivity contribution in [1.29, 1.82) is 0 Å². The molecule has 0 aromatic carbocycles. The van der Waals surface area contributed by atoms with E-state index in [9.17, 15) is 4.79 Å². The van der Waals surface area contributed by atoms with E-state index in [1.54, 1.807) is 7.11 Å². The number of nitrogens with zero attached hydrogens (tertiary/aromatic N) is 3. The van der Waals surface area contributed by atoms with E-state index in [1.165, 1.54) is 5.69 Å². The third-order valence-corrected chi connectivity index (χ3v) is 4.27. The van der Waals surface area contributed by atoms with Gasteiger partial charge in [0.15, 0.2) is 0 Å². The lowest BCUT2D eigenvalue weighted by atomic mass is 9.95. The van der Waals surface area contributed by atoms with Gasteiger partial charge in [0.25, 0.3) is 0 Å². The summed E-state index contributed by atoms with van der Waals surface area (Å²) in [7, 11) is 1.70. The van der Waals surface area contributed by atoms with Crippen LogP contribution in [0.15, 0.2) is 6.20 Å². The van der Waals surface area contributed by atoms with Gasteiger partial charge in [0.1, 0.15) is 12.4 Å². The van der Waals surface area contributed by atoms with Gasteiger partial charge in [0.2, 0.25) is 5.91 Å². The molecule has 21 heavy (non-hydrogen) atoms. The van der Waals surface area contributed by atoms with Crippen molar-refractivity contribution in [1.82, 2.24) is 14.5 Å². The minimum Gasteiger partial charge on any atom is -0.377 e. The Hall–Kier alpha value is -1.36. The molecular formula is C16H27N3O2. The van der Waals surface area contributed by atoms with Crippen LogP contribution in [0.2, 0.25) is 0 Å². The number of hydrogen-bond donors (Lipinski definition) is 0. The molecule has 1 aromatic heterocycles. The third-order valence-electron chi connectivity index (χ3n) is 4.27. The first-order valence-corrected chi connectivity index (χ1v) is 7.81. The van der Waals surface area contributed by atoms with Crippen molar-refractivity contribution in [3.63, 3.8) is 0 Å². The molecule has 0 radical (unpaired) electrons. The molecule has 5 heteroatoms. The summed E-state index contributed by atoms with van der Waals surface area (Å²) in [6.45, 7) is 9.33. The summed E-state index contributed by atoms with van der Waals surface area (Å²) in [6.07, 6.45) is 4.05. The Morgan fingerprint density at radius 3 is 2.67 bits per heavy atom. The second-order valence-corrected chi connectivity index (χ2v) is 6.28. The number of methoxy groups -OCH3 is 1. The molecule has 0 unspecified atom stereocenters. The quantitative estimate of drug-likeness (QED) is 0.836. The second-order valence-electron chi connectivity index (χ2n) is 6.28. The largest absolute Gasteiger partial charge is 0.377 e. The lowest BCUT2D eigenvalue weighted by Gasteiger charge is -2.33. The molecule has 1 fully saturated rings. The molecule has 118 valence electrons. The number of piperidine rings is 1. The number of ether oxygens (including phenoxy) is 1. The number of imidazole rings is 1. The molecule has 1 saturated heterocycles. The molecule has 2 rings (SSSR count). The molecular weight excluding hydrogens is 266 g/mol. The number of amides is 1. The zero-order chi connectivity index (χ0) is 15.4. The molecule has 1 amide bonds. The van der Waals surface area contributed by atoms with E-state index in [0.29, 0.717) is 12.5 Å². The van der Waals surface area contributed by atoms with Crippen LogP contribution in [0.25, 0.3) is 0 Å². The molecule has 0 spiro atoms. The Bertz CT molecular complexity index is 474. The van der Waals surface area contributed by atoms with E-state index in [1.807, 2.05) is 24.9 Å². The molecule has 0 atom stereocenters. The molecule has 1 aliphatic rings. The molecule has 2 heterocycles. The highest BCUT2D eigenvalue weighted by Gasteiger charge is 2.25. The summed E-state index contributed by atoms with van der Waals surface area (Å²) < 4.78 is 7.47. The first-order valence-electron chi connectivity index (χ1n) is 7.81. The maximum absolute atomic E-state index is 12.0. The highest BCUT2D eigenvalue weighted by Crippen LogP contribution is 2.22. The summed E-state index contributed by atoms with van der Waals surface area (Å²) in [5.74, 6) is 2.00. The van der Waals surface area contributed by atoms with Gasteiger partial charge in [-0.25, -0.2) is 4.98 Å². The van der Waals surface area contributed by atoms with E-state index in [0.717, 1.165) is 38.3 Å². The van der Waals surface area contributed by atoms with Crippen LogP contribution >= 0.6 is 0 Å². The Morgan fingerprint density at radius 2 is 2.10 bits per heavy atom. The fourth-order valence-corrected chi connectivity index (χ4v) is 2.96. The van der Waals surface area contributed by atoms with Gasteiger partial charge < -0.3 is 14.2 Å². The smallest absolute Gasteiger partial charge is 0.225 e. The minimum absolute atomic E-state index is 0.103. The summed E-state index contributed by atoms with van der Waals surface area (Å²) in [4.78, 5) is 18.4. The van der Waals surface area contributed by atoms with Crippen molar-refractivity contribution in [2.24, 2.45) is 11.8 Å². The van der Waals surface area contributed by atoms with E-state index in [4.69, 9.17) is 4.74 Å². The highest BCUT2D eigenvalue weighted by molar-refractivity contribution is 5.78. The zero-order valence-corrected chi connectivity index (χ0v) is 13.6. The van der Waals surface area contributed by atoms with E-state index in [-0.39, 0.29) is 11.8 Å². The van der Waals surface area contributed by atoms with Gasteiger partial charge in [-0.2, -0.15) is 0 Å². The van der Waals surface area contributed by atoms with Gasteiger partial charge >= 0.3 is 0 Å². The van der Waals surface area contributed by atoms with Gasteiger partial charge in [-0.3, -0.25) is 4.79 Å². The predicted octanol–water partition coefficient (Wildman–Crippen LogP) is 2.23. The highest BCUT2D eigenvalue weighted by atomic mass is 16.5. The number of aryl methyl sites for hydroxylation is 1. The lowest BCUT2D eigenvalue weighted by molar-refractivity contribution is -0.135. The van der Waals surface area contributed by atoms with Gasteiger partial charge in [-0.1, -0.05) is 13.8 Å². The molecule has 0 aliphatic carbocycles. The van der Waals surface area contributed by atoms with Crippen LogP contribution in [-0.4, -0.2) is 40.6 Å². The third kappa shape index (κ3) is 3.84. The summed E-state index contributed by atoms with van der Waals surface area (Å²) in [5, 5.41) is 0. The number of carbonyl (C=O) groups is 1. The number of hydrogen-bond acceptors (Lipinski definition) is 3. The Kier molecular flexibility index (Phi) is 5.39. The average Bonchev–Trinajstić information content (AvgIpc) is 2.81. The average molecular weight is 293 g/mol. The van der Waals surface area contributed by atoms with Gasteiger partial charge in [-0.15, -0.1) is 0 Å². The SMILES string of the molecule is COCc1ncc(C)n1CC1CCN(C(=O)C(C)C)CC1. The number of likely N-dealkylation sites (tertiary alicyclic amines) is 1. The Labute approximate surface area is 127 Å². The maximum Gasteiger partial charge on any atom is 0.225 e. The van der Waals surface area contributed by atoms with Crippen LogP contribution in [0.4, 0.5) is 0 Å². The van der Waals surface area contributed by atoms with Gasteiger partial charge in [0.05, 0.1) is 0 Å². The topological polar surface area (TPSA) is 47.4 Å². The van der Waals surface area contributed by atoms with Crippen LogP contribution in [-0.2, 0) is 22.7 Å². The molecule has 0 bridgehead atoms. The Morgan fingerprint density at radius 1 is 1.43 bits per heavy atom. The van der Waals surface area contributed by atoms with Crippen molar-refractivity contribution in [3.8, 4) is 0 Å². The van der Waals surface area contributed by atoms with Crippen LogP contribution in [0.3, 0.4) is 0 Å². The Balaban J connectivity index is 1.92. The maximum atomic E-state index is 12.0. The first-order chi connectivity index (χ1) is 10.0. The van der Waals surface area contributed by atoms with Gasteiger partial charge in [-0.05, 0) is 25.7 Å². The molecule has 0 saturated carbocycles. The van der Waals surface area contributed by atoms with Crippen LogP contribution in [0.1, 0.15) is 38.2 Å². The number of aromatic nitrogens is 2. The summed E-state index contributed by atoms with van der Waals surface area (Å²) in [6, 6.07) is 0. The van der Waals surface area contributed by atoms with Crippen molar-refractivity contribution in [2.75, 3.05) is 20.2 Å². The minimum atomic E-state index is 0.103. The van der Waals surface area contributed by atoms with Crippen molar-refractivity contribution in [3.05, 3.63) is 17.7 Å². The van der Waals surface area contributed by atoms with Crippen molar-refractivity contribution < 1.29 is 9.53 Å². The van der Waals surface area contributed by atoms with Crippen molar-refractivity contribution in [2.45, 2.75) is 46.8 Å². The molecule has 1 aliphatic heterocycles. The second kappa shape index (κ2) is 7.07. The normalized spacial score (nSPS) is 16.7. The fourth-order valence-electron chi connectivity index (χ4n) is 2.96. The first kappa shape index (κ1) is 16.0. The zero-order valence-electron chi connectivity index (χ0n) is 13.6. The van der Waals surface area contributed by atoms with E-state index < -0.39 is 0 Å². The van der Waals surface area contributed by atoms with Crippen LogP contribution in [0.5, 0.6) is 0 Å². The monoisotopic (exact) mass is 293 g/mol. The van der Waals surface area contributed by atoms with Crippen molar-refractivity contribution >= 4 is 5.91 Å². The van der Waals surface area contributed by atoms with Crippen LogP contribution in [0, 0.1) is 18.8 Å². The van der Waals surface area contributed by atoms with E-state index >= 15 is 0 Å². The molecule has 1 aromatic rings. The standard InChI is InChI=1S/C16H27N3O2/c1-12(2)16(20)18-7-5-14(6-8-18)10-19-13(3)9-17-15(19)11-21-4/h9,12,14H,5-8,10-11H2,1-4H3. The number of carbonyl (C=O) groups excluding carboxylic acids is 1. The fraction of sp³-hybridized carbons (Fsp3) is 0.750. The predicted molar refractivity (Wildman–Crippen MR) is 81.8 cm³/mol. The summed E-state index contributed by atoms with van der Waals surface area (Å²) >= 11 is 0. The molecule has 5 nitrogen and oxygen atoms in total. The van der Waals surface area contributed by atoms with Gasteiger partial charge in [0, 0.05) is 44.6 Å². The summed E-state index contributed by atoms with van der Waals surface area (Å²) in [5.41, 5.74) is 1.18. The van der Waals surface area contributed by atoms with E-state index in [2.05, 4.69) is 16.5 Å². The van der Waals surface area contributed by atoms with Crippen LogP contribution < -0.4 is 0 Å². The molecule has 0 N–H and O–H groups in total. The lowest BCUT2D eigenvalue weighted by Crippen LogP contribution is -2.41. The number of rotatable bonds is 5.